The Kier molecular flexibility index (Phi) is 4.56. The predicted octanol–water partition coefficient (Wildman–Crippen LogP) is 1.51. The Bertz CT molecular complexity index is 1010. The molecule has 0 saturated carbocycles. The number of benzene rings is 1. The van der Waals surface area contributed by atoms with Crippen LogP contribution in [-0.4, -0.2) is 42.1 Å². The number of amides is 1. The van der Waals surface area contributed by atoms with Gasteiger partial charge in [-0.25, -0.2) is 17.7 Å². The van der Waals surface area contributed by atoms with E-state index in [1.165, 1.54) is 26.2 Å². The first kappa shape index (κ1) is 17.1. The minimum Gasteiger partial charge on any atom is -0.348 e. The number of nitrogens with one attached hydrogen (secondary N) is 1. The predicted molar refractivity (Wildman–Crippen MR) is 93.7 cm³/mol. The Balaban J connectivity index is 1.67. The van der Waals surface area contributed by atoms with Gasteiger partial charge in [-0.15, -0.1) is 0 Å². The highest BCUT2D eigenvalue weighted by atomic mass is 32.2. The molecule has 7 nitrogen and oxygen atoms in total. The van der Waals surface area contributed by atoms with Crippen molar-refractivity contribution in [3.8, 4) is 0 Å². The summed E-state index contributed by atoms with van der Waals surface area (Å²) in [5.74, 6) is -0.208. The number of pyridine rings is 1. The summed E-state index contributed by atoms with van der Waals surface area (Å²) in [4.78, 5) is 16.6. The van der Waals surface area contributed by atoms with Crippen molar-refractivity contribution in [2.75, 3.05) is 14.1 Å². The van der Waals surface area contributed by atoms with Crippen LogP contribution in [0.25, 0.3) is 5.65 Å². The summed E-state index contributed by atoms with van der Waals surface area (Å²) in [7, 11) is -0.473. The molecule has 3 aromatic rings. The van der Waals surface area contributed by atoms with Gasteiger partial charge in [0.25, 0.3) is 5.91 Å². The Morgan fingerprint density at radius 1 is 1.16 bits per heavy atom. The Hall–Kier alpha value is -2.71. The molecular formula is C17H18N4O3S. The molecule has 2 heterocycles. The van der Waals surface area contributed by atoms with Crippen LogP contribution in [0.1, 0.15) is 15.9 Å². The fourth-order valence-corrected chi connectivity index (χ4v) is 3.23. The monoisotopic (exact) mass is 358 g/mol. The molecule has 0 fully saturated rings. The first-order valence-corrected chi connectivity index (χ1v) is 9.04. The SMILES string of the molecule is CN(C)S(=O)(=O)c1ccc(CNC(=O)c2ccc3nccn3c2)cc1. The molecule has 0 bridgehead atoms. The molecule has 0 radical (unpaired) electrons. The number of aromatic nitrogens is 2. The van der Waals surface area contributed by atoms with Gasteiger partial charge in [0.1, 0.15) is 5.65 Å². The Morgan fingerprint density at radius 3 is 2.56 bits per heavy atom. The molecule has 130 valence electrons. The summed E-state index contributed by atoms with van der Waals surface area (Å²) >= 11 is 0. The average molecular weight is 358 g/mol. The van der Waals surface area contributed by atoms with Crippen LogP contribution in [0, 0.1) is 0 Å². The van der Waals surface area contributed by atoms with Crippen LogP contribution in [-0.2, 0) is 16.6 Å². The van der Waals surface area contributed by atoms with Gasteiger partial charge in [0.2, 0.25) is 10.0 Å². The second kappa shape index (κ2) is 6.66. The van der Waals surface area contributed by atoms with Gasteiger partial charge in [0.05, 0.1) is 10.5 Å². The quantitative estimate of drug-likeness (QED) is 0.749. The minimum absolute atomic E-state index is 0.208. The van der Waals surface area contributed by atoms with Crippen LogP contribution in [0.15, 0.2) is 59.9 Å². The summed E-state index contributed by atoms with van der Waals surface area (Å²) in [5.41, 5.74) is 2.11. The Labute approximate surface area is 146 Å². The van der Waals surface area contributed by atoms with E-state index in [1.54, 1.807) is 47.3 Å². The van der Waals surface area contributed by atoms with Crippen LogP contribution < -0.4 is 5.32 Å². The first-order chi connectivity index (χ1) is 11.9. The van der Waals surface area contributed by atoms with Crippen molar-refractivity contribution in [1.82, 2.24) is 19.0 Å². The number of sulfonamides is 1. The highest BCUT2D eigenvalue weighted by Gasteiger charge is 2.16. The number of nitrogens with zero attached hydrogens (tertiary/aromatic N) is 3. The molecule has 0 unspecified atom stereocenters. The maximum Gasteiger partial charge on any atom is 0.253 e. The second-order valence-electron chi connectivity index (χ2n) is 5.72. The molecule has 0 aliphatic carbocycles. The van der Waals surface area contributed by atoms with E-state index in [1.807, 2.05) is 0 Å². The molecule has 0 saturated heterocycles. The summed E-state index contributed by atoms with van der Waals surface area (Å²) in [6.45, 7) is 0.309. The van der Waals surface area contributed by atoms with Gasteiger partial charge in [0.15, 0.2) is 0 Å². The van der Waals surface area contributed by atoms with E-state index in [0.29, 0.717) is 12.1 Å². The van der Waals surface area contributed by atoms with Gasteiger partial charge in [-0.2, -0.15) is 0 Å². The third kappa shape index (κ3) is 3.54. The summed E-state index contributed by atoms with van der Waals surface area (Å²) in [6.07, 6.45) is 5.15. The number of hydrogen-bond donors (Lipinski definition) is 1. The zero-order valence-electron chi connectivity index (χ0n) is 13.9. The van der Waals surface area contributed by atoms with Crippen LogP contribution in [0.3, 0.4) is 0 Å². The van der Waals surface area contributed by atoms with E-state index < -0.39 is 10.0 Å². The van der Waals surface area contributed by atoms with E-state index in [-0.39, 0.29) is 10.8 Å². The molecule has 0 aliphatic rings. The van der Waals surface area contributed by atoms with Crippen molar-refractivity contribution in [3.63, 3.8) is 0 Å². The fraction of sp³-hybridized carbons (Fsp3) is 0.176. The zero-order chi connectivity index (χ0) is 18.0. The molecule has 0 aliphatic heterocycles. The van der Waals surface area contributed by atoms with Gasteiger partial charge in [-0.05, 0) is 29.8 Å². The smallest absolute Gasteiger partial charge is 0.253 e. The van der Waals surface area contributed by atoms with Crippen LogP contribution in [0.2, 0.25) is 0 Å². The molecule has 0 spiro atoms. The van der Waals surface area contributed by atoms with Gasteiger partial charge in [-0.1, -0.05) is 12.1 Å². The second-order valence-corrected chi connectivity index (χ2v) is 7.88. The lowest BCUT2D eigenvalue weighted by molar-refractivity contribution is 0.0950. The summed E-state index contributed by atoms with van der Waals surface area (Å²) in [6, 6.07) is 9.94. The molecule has 8 heteroatoms. The van der Waals surface area contributed by atoms with Gasteiger partial charge >= 0.3 is 0 Å². The molecule has 25 heavy (non-hydrogen) atoms. The van der Waals surface area contributed by atoms with E-state index >= 15 is 0 Å². The van der Waals surface area contributed by atoms with E-state index in [9.17, 15) is 13.2 Å². The number of fused-ring (bicyclic) bond motifs is 1. The minimum atomic E-state index is -3.45. The van der Waals surface area contributed by atoms with Crippen molar-refractivity contribution >= 4 is 21.6 Å². The molecule has 2 aromatic heterocycles. The van der Waals surface area contributed by atoms with Crippen LogP contribution in [0.4, 0.5) is 0 Å². The average Bonchev–Trinajstić information content (AvgIpc) is 3.07. The molecule has 1 N–H and O–H groups in total. The Morgan fingerprint density at radius 2 is 1.88 bits per heavy atom. The van der Waals surface area contributed by atoms with Gasteiger partial charge in [-0.3, -0.25) is 4.79 Å². The zero-order valence-corrected chi connectivity index (χ0v) is 14.7. The van der Waals surface area contributed by atoms with E-state index in [4.69, 9.17) is 0 Å². The largest absolute Gasteiger partial charge is 0.348 e. The molecular weight excluding hydrogens is 340 g/mol. The number of carbonyl (C=O) groups excluding carboxylic acids is 1. The number of rotatable bonds is 5. The summed E-state index contributed by atoms with van der Waals surface area (Å²) in [5, 5.41) is 2.82. The topological polar surface area (TPSA) is 83.8 Å². The van der Waals surface area contributed by atoms with Crippen molar-refractivity contribution in [2.45, 2.75) is 11.4 Å². The molecule has 0 atom stereocenters. The third-order valence-electron chi connectivity index (χ3n) is 3.81. The van der Waals surface area contributed by atoms with Crippen LogP contribution >= 0.6 is 0 Å². The van der Waals surface area contributed by atoms with Crippen molar-refractivity contribution in [1.29, 1.82) is 0 Å². The van der Waals surface area contributed by atoms with E-state index in [2.05, 4.69) is 10.3 Å². The standard InChI is InChI=1S/C17H18N4O3S/c1-20(2)25(23,24)15-6-3-13(4-7-15)11-19-17(22)14-5-8-16-18-9-10-21(16)12-14/h3-10,12H,11H2,1-2H3,(H,19,22). The highest BCUT2D eigenvalue weighted by molar-refractivity contribution is 7.89. The normalized spacial score (nSPS) is 11.8. The maximum atomic E-state index is 12.3. The van der Waals surface area contributed by atoms with Crippen molar-refractivity contribution in [3.05, 3.63) is 66.1 Å². The number of hydrogen-bond acceptors (Lipinski definition) is 4. The third-order valence-corrected chi connectivity index (χ3v) is 5.64. The molecule has 1 aromatic carbocycles. The lowest BCUT2D eigenvalue weighted by atomic mass is 10.2. The molecule has 3 rings (SSSR count). The number of imidazole rings is 1. The maximum absolute atomic E-state index is 12.3. The lowest BCUT2D eigenvalue weighted by Crippen LogP contribution is -2.23. The van der Waals surface area contributed by atoms with Crippen LogP contribution in [0.5, 0.6) is 0 Å². The molecule has 1 amide bonds. The van der Waals surface area contributed by atoms with Gasteiger partial charge < -0.3 is 9.72 Å². The summed E-state index contributed by atoms with van der Waals surface area (Å²) < 4.78 is 27.0. The first-order valence-electron chi connectivity index (χ1n) is 7.60. The van der Waals surface area contributed by atoms with Crippen molar-refractivity contribution < 1.29 is 13.2 Å². The lowest BCUT2D eigenvalue weighted by Gasteiger charge is -2.12. The highest BCUT2D eigenvalue weighted by Crippen LogP contribution is 2.14. The van der Waals surface area contributed by atoms with E-state index in [0.717, 1.165) is 15.5 Å². The van der Waals surface area contributed by atoms with Crippen molar-refractivity contribution in [2.24, 2.45) is 0 Å². The van der Waals surface area contributed by atoms with Gasteiger partial charge in [0, 0.05) is 39.2 Å². The number of carbonyl (C=O) groups is 1. The fourth-order valence-electron chi connectivity index (χ4n) is 2.33.